The number of thioether (sulfide) groups is 1. The van der Waals surface area contributed by atoms with Crippen LogP contribution in [0.1, 0.15) is 24.1 Å². The van der Waals surface area contributed by atoms with Gasteiger partial charge < -0.3 is 5.32 Å². The monoisotopic (exact) mass is 394 g/mol. The molecule has 5 nitrogen and oxygen atoms in total. The van der Waals surface area contributed by atoms with Crippen molar-refractivity contribution < 1.29 is 9.18 Å². The van der Waals surface area contributed by atoms with Crippen LogP contribution in [0.4, 0.5) is 4.39 Å². The van der Waals surface area contributed by atoms with Gasteiger partial charge in [-0.05, 0) is 49.2 Å². The highest BCUT2D eigenvalue weighted by molar-refractivity contribution is 7.99. The molecule has 0 aliphatic carbocycles. The number of aromatic nitrogens is 3. The Morgan fingerprint density at radius 3 is 2.71 bits per heavy atom. The number of para-hydroxylation sites is 1. The number of hydrogen-bond acceptors (Lipinski definition) is 4. The summed E-state index contributed by atoms with van der Waals surface area (Å²) in [4.78, 5) is 12.4. The van der Waals surface area contributed by atoms with Crippen molar-refractivity contribution in [2.24, 2.45) is 0 Å². The van der Waals surface area contributed by atoms with Crippen LogP contribution in [0.15, 0.2) is 59.8 Å². The average molecular weight is 394 g/mol. The first-order valence-electron chi connectivity index (χ1n) is 8.94. The van der Waals surface area contributed by atoms with E-state index in [2.05, 4.69) is 21.6 Å². The van der Waals surface area contributed by atoms with Gasteiger partial charge in [0, 0.05) is 5.39 Å². The van der Waals surface area contributed by atoms with Crippen LogP contribution in [0.3, 0.4) is 0 Å². The molecule has 142 valence electrons. The van der Waals surface area contributed by atoms with E-state index >= 15 is 0 Å². The summed E-state index contributed by atoms with van der Waals surface area (Å²) < 4.78 is 15.0. The molecule has 28 heavy (non-hydrogen) atoms. The van der Waals surface area contributed by atoms with Crippen molar-refractivity contribution in [3.8, 4) is 0 Å². The second kappa shape index (κ2) is 7.59. The fourth-order valence-electron chi connectivity index (χ4n) is 3.22. The summed E-state index contributed by atoms with van der Waals surface area (Å²) in [6.07, 6.45) is 0. The molecule has 4 aromatic rings. The molecule has 0 saturated heterocycles. The van der Waals surface area contributed by atoms with E-state index < -0.39 is 0 Å². The first-order valence-corrected chi connectivity index (χ1v) is 9.92. The highest BCUT2D eigenvalue weighted by Gasteiger charge is 2.14. The maximum absolute atomic E-state index is 13.0. The number of pyridine rings is 1. The van der Waals surface area contributed by atoms with E-state index in [4.69, 9.17) is 0 Å². The predicted molar refractivity (Wildman–Crippen MR) is 109 cm³/mol. The average Bonchev–Trinajstić information content (AvgIpc) is 3.10. The van der Waals surface area contributed by atoms with E-state index in [9.17, 15) is 9.18 Å². The topological polar surface area (TPSA) is 59.3 Å². The minimum atomic E-state index is -0.293. The van der Waals surface area contributed by atoms with Crippen molar-refractivity contribution in [3.05, 3.63) is 71.5 Å². The third-order valence-corrected chi connectivity index (χ3v) is 5.58. The Bertz CT molecular complexity index is 1160. The van der Waals surface area contributed by atoms with E-state index in [0.717, 1.165) is 27.7 Å². The summed E-state index contributed by atoms with van der Waals surface area (Å²) in [6.45, 7) is 3.92. The van der Waals surface area contributed by atoms with Gasteiger partial charge in [0.25, 0.3) is 0 Å². The molecule has 0 radical (unpaired) electrons. The summed E-state index contributed by atoms with van der Waals surface area (Å²) >= 11 is 1.34. The summed E-state index contributed by atoms with van der Waals surface area (Å²) in [5.41, 5.74) is 3.77. The number of rotatable bonds is 5. The van der Waals surface area contributed by atoms with Crippen LogP contribution in [0, 0.1) is 12.7 Å². The van der Waals surface area contributed by atoms with Gasteiger partial charge in [-0.15, -0.1) is 10.2 Å². The molecule has 2 heterocycles. The lowest BCUT2D eigenvalue weighted by Gasteiger charge is -2.14. The van der Waals surface area contributed by atoms with Crippen LogP contribution in [-0.4, -0.2) is 26.3 Å². The van der Waals surface area contributed by atoms with Crippen LogP contribution >= 0.6 is 11.8 Å². The second-order valence-corrected chi connectivity index (χ2v) is 7.59. The number of carbonyl (C=O) groups excluding carboxylic acids is 1. The highest BCUT2D eigenvalue weighted by atomic mass is 32.2. The lowest BCUT2D eigenvalue weighted by atomic mass is 10.1. The number of halogens is 1. The van der Waals surface area contributed by atoms with E-state index in [1.807, 2.05) is 42.5 Å². The zero-order valence-corrected chi connectivity index (χ0v) is 16.3. The van der Waals surface area contributed by atoms with Gasteiger partial charge in [0.1, 0.15) is 5.82 Å². The predicted octanol–water partition coefficient (Wildman–Crippen LogP) is 4.30. The molecule has 2 aromatic heterocycles. The van der Waals surface area contributed by atoms with Crippen LogP contribution in [0.5, 0.6) is 0 Å². The molecule has 1 amide bonds. The van der Waals surface area contributed by atoms with Gasteiger partial charge in [0.15, 0.2) is 10.8 Å². The van der Waals surface area contributed by atoms with Crippen molar-refractivity contribution in [1.29, 1.82) is 0 Å². The van der Waals surface area contributed by atoms with Gasteiger partial charge in [-0.25, -0.2) is 4.39 Å². The van der Waals surface area contributed by atoms with E-state index in [1.165, 1.54) is 23.9 Å². The molecule has 1 N–H and O–H groups in total. The maximum Gasteiger partial charge on any atom is 0.230 e. The van der Waals surface area contributed by atoms with Crippen LogP contribution < -0.4 is 5.32 Å². The Morgan fingerprint density at radius 2 is 1.93 bits per heavy atom. The van der Waals surface area contributed by atoms with Gasteiger partial charge >= 0.3 is 0 Å². The second-order valence-electron chi connectivity index (χ2n) is 6.65. The zero-order chi connectivity index (χ0) is 19.7. The lowest BCUT2D eigenvalue weighted by Crippen LogP contribution is -2.28. The molecule has 0 aliphatic rings. The number of nitrogens with zero attached hydrogens (tertiary/aromatic N) is 3. The zero-order valence-electron chi connectivity index (χ0n) is 15.5. The van der Waals surface area contributed by atoms with Crippen molar-refractivity contribution in [2.45, 2.75) is 25.0 Å². The first kappa shape index (κ1) is 18.4. The van der Waals surface area contributed by atoms with Gasteiger partial charge in [-0.2, -0.15) is 0 Å². The molecule has 0 bridgehead atoms. The maximum atomic E-state index is 13.0. The fraction of sp³-hybridized carbons (Fsp3) is 0.190. The van der Waals surface area contributed by atoms with Gasteiger partial charge in [-0.1, -0.05) is 42.1 Å². The summed E-state index contributed by atoms with van der Waals surface area (Å²) in [7, 11) is 0. The Labute approximate surface area is 166 Å². The van der Waals surface area contributed by atoms with Crippen LogP contribution in [-0.2, 0) is 4.79 Å². The van der Waals surface area contributed by atoms with Crippen LogP contribution in [0.2, 0.25) is 0 Å². The van der Waals surface area contributed by atoms with Crippen molar-refractivity contribution in [2.75, 3.05) is 5.75 Å². The normalized spacial score (nSPS) is 12.4. The minimum Gasteiger partial charge on any atom is -0.349 e. The van der Waals surface area contributed by atoms with Crippen molar-refractivity contribution >= 4 is 34.2 Å². The number of nitrogens with one attached hydrogen (secondary N) is 1. The summed E-state index contributed by atoms with van der Waals surface area (Å²) in [6, 6.07) is 16.0. The van der Waals surface area contributed by atoms with Gasteiger partial charge in [0.2, 0.25) is 5.91 Å². The molecule has 0 aliphatic heterocycles. The molecular weight excluding hydrogens is 375 g/mol. The minimum absolute atomic E-state index is 0.116. The molecule has 0 saturated carbocycles. The molecule has 0 spiro atoms. The molecule has 7 heteroatoms. The Morgan fingerprint density at radius 1 is 1.18 bits per heavy atom. The number of hydrogen-bond donors (Lipinski definition) is 1. The van der Waals surface area contributed by atoms with E-state index in [1.54, 1.807) is 12.1 Å². The van der Waals surface area contributed by atoms with Crippen LogP contribution in [0.25, 0.3) is 16.6 Å². The number of aryl methyl sites for hydroxylation is 1. The Kier molecular flexibility index (Phi) is 5.00. The van der Waals surface area contributed by atoms with Crippen molar-refractivity contribution in [3.63, 3.8) is 0 Å². The SMILES string of the molecule is Cc1cc2nnc(SCC(=O)NC(C)c3ccc(F)cc3)n2c2ccccc12. The molecule has 2 aromatic carbocycles. The fourth-order valence-corrected chi connectivity index (χ4v) is 3.98. The first-order chi connectivity index (χ1) is 13.5. The van der Waals surface area contributed by atoms with Gasteiger partial charge in [0.05, 0.1) is 17.3 Å². The quantitative estimate of drug-likeness (QED) is 0.513. The summed E-state index contributed by atoms with van der Waals surface area (Å²) in [5.74, 6) is -0.192. The standard InChI is InChI=1S/C21H19FN4OS/c1-13-11-19-24-25-21(26(19)18-6-4-3-5-17(13)18)28-12-20(27)23-14(2)15-7-9-16(22)10-8-15/h3-11,14H,12H2,1-2H3,(H,23,27). The van der Waals surface area contributed by atoms with E-state index in [-0.39, 0.29) is 23.5 Å². The van der Waals surface area contributed by atoms with Gasteiger partial charge in [-0.3, -0.25) is 9.20 Å². The summed E-state index contributed by atoms with van der Waals surface area (Å²) in [5, 5.41) is 13.2. The molecule has 1 atom stereocenters. The molecule has 1 unspecified atom stereocenters. The molecule has 0 fully saturated rings. The van der Waals surface area contributed by atoms with Crippen molar-refractivity contribution in [1.82, 2.24) is 19.9 Å². The highest BCUT2D eigenvalue weighted by Crippen LogP contribution is 2.25. The Hall–Kier alpha value is -2.93. The Balaban J connectivity index is 1.50. The lowest BCUT2D eigenvalue weighted by molar-refractivity contribution is -0.119. The number of benzene rings is 2. The molecule has 4 rings (SSSR count). The largest absolute Gasteiger partial charge is 0.349 e. The number of carbonyl (C=O) groups is 1. The number of fused-ring (bicyclic) bond motifs is 3. The molecular formula is C21H19FN4OS. The number of amides is 1. The smallest absolute Gasteiger partial charge is 0.230 e. The van der Waals surface area contributed by atoms with E-state index in [0.29, 0.717) is 5.16 Å². The third-order valence-electron chi connectivity index (χ3n) is 4.65. The third kappa shape index (κ3) is 3.57.